The van der Waals surface area contributed by atoms with E-state index in [9.17, 15) is 9.59 Å². The minimum Gasteiger partial charge on any atom is -0.492 e. The maximum absolute atomic E-state index is 12.5. The highest BCUT2D eigenvalue weighted by Crippen LogP contribution is 2.25. The first-order valence-corrected chi connectivity index (χ1v) is 10.1. The number of amides is 1. The summed E-state index contributed by atoms with van der Waals surface area (Å²) in [5, 5.41) is 2.85. The van der Waals surface area contributed by atoms with Gasteiger partial charge >= 0.3 is 5.97 Å². The molecule has 1 amide bonds. The van der Waals surface area contributed by atoms with Crippen molar-refractivity contribution in [3.05, 3.63) is 54.1 Å². The summed E-state index contributed by atoms with van der Waals surface area (Å²) >= 11 is 0. The van der Waals surface area contributed by atoms with Crippen molar-refractivity contribution in [2.45, 2.75) is 45.1 Å². The lowest BCUT2D eigenvalue weighted by Crippen LogP contribution is -2.24. The number of nitrogens with one attached hydrogen (secondary N) is 1. The number of esters is 1. The molecule has 3 rings (SSSR count). The fourth-order valence-corrected chi connectivity index (χ4v) is 3.29. The Morgan fingerprint density at radius 3 is 2.41 bits per heavy atom. The second-order valence-corrected chi connectivity index (χ2v) is 6.95. The van der Waals surface area contributed by atoms with E-state index in [0.717, 1.165) is 25.7 Å². The highest BCUT2D eigenvalue weighted by Gasteiger charge is 2.18. The third kappa shape index (κ3) is 6.24. The summed E-state index contributed by atoms with van der Waals surface area (Å²) in [7, 11) is 0. The zero-order valence-electron chi connectivity index (χ0n) is 16.7. The molecule has 1 saturated carbocycles. The summed E-state index contributed by atoms with van der Waals surface area (Å²) in [5.41, 5.74) is 1.10. The molecule has 0 spiro atoms. The van der Waals surface area contributed by atoms with Crippen molar-refractivity contribution in [1.29, 1.82) is 0 Å². The predicted molar refractivity (Wildman–Crippen MR) is 110 cm³/mol. The van der Waals surface area contributed by atoms with Gasteiger partial charge in [-0.25, -0.2) is 4.79 Å². The Morgan fingerprint density at radius 1 is 0.966 bits per heavy atom. The van der Waals surface area contributed by atoms with Crippen LogP contribution in [0.3, 0.4) is 0 Å². The van der Waals surface area contributed by atoms with Crippen molar-refractivity contribution in [2.75, 3.05) is 18.5 Å². The summed E-state index contributed by atoms with van der Waals surface area (Å²) < 4.78 is 16.4. The quantitative estimate of drug-likeness (QED) is 0.660. The number of ether oxygens (including phenoxy) is 3. The van der Waals surface area contributed by atoms with E-state index in [1.807, 2.05) is 25.1 Å². The SMILES string of the molecule is CCOc1ccccc1NC(=O)c1ccc(OCC(=O)OC2CCCCC2)cc1. The van der Waals surface area contributed by atoms with E-state index in [0.29, 0.717) is 29.4 Å². The van der Waals surface area contributed by atoms with Crippen LogP contribution in [0.4, 0.5) is 5.69 Å². The average molecular weight is 397 g/mol. The molecule has 0 bridgehead atoms. The molecule has 2 aromatic carbocycles. The van der Waals surface area contributed by atoms with Gasteiger partial charge in [-0.2, -0.15) is 0 Å². The first kappa shape index (κ1) is 20.7. The van der Waals surface area contributed by atoms with Gasteiger partial charge in [0.25, 0.3) is 5.91 Å². The fraction of sp³-hybridized carbons (Fsp3) is 0.391. The molecule has 1 aliphatic rings. The van der Waals surface area contributed by atoms with Gasteiger partial charge in [-0.05, 0) is 69.0 Å². The van der Waals surface area contributed by atoms with E-state index >= 15 is 0 Å². The molecule has 1 aliphatic carbocycles. The lowest BCUT2D eigenvalue weighted by molar-refractivity contribution is -0.152. The van der Waals surface area contributed by atoms with Crippen LogP contribution in [0.2, 0.25) is 0 Å². The maximum Gasteiger partial charge on any atom is 0.344 e. The number of carbonyl (C=O) groups is 2. The first-order chi connectivity index (χ1) is 14.2. The van der Waals surface area contributed by atoms with Crippen LogP contribution < -0.4 is 14.8 Å². The van der Waals surface area contributed by atoms with Crippen LogP contribution in [-0.4, -0.2) is 31.2 Å². The largest absolute Gasteiger partial charge is 0.492 e. The summed E-state index contributed by atoms with van der Waals surface area (Å²) in [6.45, 7) is 2.27. The van der Waals surface area contributed by atoms with Crippen molar-refractivity contribution in [3.63, 3.8) is 0 Å². The van der Waals surface area contributed by atoms with Crippen molar-refractivity contribution in [3.8, 4) is 11.5 Å². The maximum atomic E-state index is 12.5. The Hall–Kier alpha value is -3.02. The number of anilines is 1. The molecule has 0 saturated heterocycles. The van der Waals surface area contributed by atoms with Crippen molar-refractivity contribution < 1.29 is 23.8 Å². The molecule has 1 N–H and O–H groups in total. The van der Waals surface area contributed by atoms with Crippen LogP contribution in [0.15, 0.2) is 48.5 Å². The normalized spacial score (nSPS) is 14.1. The topological polar surface area (TPSA) is 73.9 Å². The van der Waals surface area contributed by atoms with E-state index < -0.39 is 0 Å². The minimum atomic E-state index is -0.355. The molecule has 0 heterocycles. The van der Waals surface area contributed by atoms with Gasteiger partial charge in [-0.1, -0.05) is 18.6 Å². The molecule has 6 heteroatoms. The highest BCUT2D eigenvalue weighted by molar-refractivity contribution is 6.05. The van der Waals surface area contributed by atoms with Gasteiger partial charge in [-0.15, -0.1) is 0 Å². The Bertz CT molecular complexity index is 812. The number of para-hydroxylation sites is 2. The molecule has 6 nitrogen and oxygen atoms in total. The molecule has 2 aromatic rings. The molecule has 0 aromatic heterocycles. The first-order valence-electron chi connectivity index (χ1n) is 10.1. The van der Waals surface area contributed by atoms with Gasteiger partial charge in [0.2, 0.25) is 0 Å². The fourth-order valence-electron chi connectivity index (χ4n) is 3.29. The summed E-state index contributed by atoms with van der Waals surface area (Å²) in [4.78, 5) is 24.4. The third-order valence-corrected chi connectivity index (χ3v) is 4.76. The second-order valence-electron chi connectivity index (χ2n) is 6.95. The Balaban J connectivity index is 1.50. The number of carbonyl (C=O) groups excluding carboxylic acids is 2. The lowest BCUT2D eigenvalue weighted by atomic mass is 9.98. The molecule has 29 heavy (non-hydrogen) atoms. The lowest BCUT2D eigenvalue weighted by Gasteiger charge is -2.21. The molecule has 0 aliphatic heterocycles. The van der Waals surface area contributed by atoms with E-state index in [-0.39, 0.29) is 24.6 Å². The van der Waals surface area contributed by atoms with Crippen LogP contribution >= 0.6 is 0 Å². The number of hydrogen-bond acceptors (Lipinski definition) is 5. The Labute approximate surface area is 171 Å². The van der Waals surface area contributed by atoms with E-state index in [1.165, 1.54) is 6.42 Å². The van der Waals surface area contributed by atoms with Gasteiger partial charge in [0.1, 0.15) is 17.6 Å². The predicted octanol–water partition coefficient (Wildman–Crippen LogP) is 4.59. The Kier molecular flexibility index (Phi) is 7.50. The van der Waals surface area contributed by atoms with Crippen LogP contribution in [0.1, 0.15) is 49.4 Å². The molecular weight excluding hydrogens is 370 g/mol. The van der Waals surface area contributed by atoms with Crippen LogP contribution in [-0.2, 0) is 9.53 Å². The summed E-state index contributed by atoms with van der Waals surface area (Å²) in [6, 6.07) is 13.9. The molecule has 1 fully saturated rings. The zero-order valence-corrected chi connectivity index (χ0v) is 16.7. The number of rotatable bonds is 8. The molecule has 0 atom stereocenters. The van der Waals surface area contributed by atoms with Gasteiger partial charge < -0.3 is 19.5 Å². The van der Waals surface area contributed by atoms with Crippen molar-refractivity contribution in [2.24, 2.45) is 0 Å². The van der Waals surface area contributed by atoms with Gasteiger partial charge in [-0.3, -0.25) is 4.79 Å². The number of hydrogen-bond donors (Lipinski definition) is 1. The van der Waals surface area contributed by atoms with Crippen LogP contribution in [0, 0.1) is 0 Å². The minimum absolute atomic E-state index is 0.0190. The van der Waals surface area contributed by atoms with E-state index in [2.05, 4.69) is 5.32 Å². The van der Waals surface area contributed by atoms with Crippen LogP contribution in [0.5, 0.6) is 11.5 Å². The van der Waals surface area contributed by atoms with Gasteiger partial charge in [0.05, 0.1) is 12.3 Å². The summed E-state index contributed by atoms with van der Waals surface area (Å²) in [6.07, 6.45) is 5.31. The van der Waals surface area contributed by atoms with Gasteiger partial charge in [0.15, 0.2) is 6.61 Å². The smallest absolute Gasteiger partial charge is 0.344 e. The number of benzene rings is 2. The average Bonchev–Trinajstić information content (AvgIpc) is 2.75. The Morgan fingerprint density at radius 2 is 1.69 bits per heavy atom. The van der Waals surface area contributed by atoms with E-state index in [1.54, 1.807) is 30.3 Å². The zero-order chi connectivity index (χ0) is 20.5. The summed E-state index contributed by atoms with van der Waals surface area (Å²) in [5.74, 6) is 0.531. The molecule has 0 radical (unpaired) electrons. The third-order valence-electron chi connectivity index (χ3n) is 4.76. The van der Waals surface area contributed by atoms with Crippen molar-refractivity contribution in [1.82, 2.24) is 0 Å². The van der Waals surface area contributed by atoms with Crippen LogP contribution in [0.25, 0.3) is 0 Å². The highest BCUT2D eigenvalue weighted by atomic mass is 16.6. The second kappa shape index (κ2) is 10.5. The van der Waals surface area contributed by atoms with Gasteiger partial charge in [0, 0.05) is 5.56 Å². The monoisotopic (exact) mass is 397 g/mol. The standard InChI is InChI=1S/C23H27NO5/c1-2-27-21-11-7-6-10-20(21)24-23(26)17-12-14-18(15-13-17)28-16-22(25)29-19-8-4-3-5-9-19/h6-7,10-15,19H,2-5,8-9,16H2,1H3,(H,24,26). The molecule has 0 unspecified atom stereocenters. The van der Waals surface area contributed by atoms with E-state index in [4.69, 9.17) is 14.2 Å². The molecular formula is C23H27NO5. The van der Waals surface area contributed by atoms with Crippen molar-refractivity contribution >= 4 is 17.6 Å². The molecule has 154 valence electrons.